The summed E-state index contributed by atoms with van der Waals surface area (Å²) in [7, 11) is 0. The van der Waals surface area contributed by atoms with Crippen molar-refractivity contribution in [3.8, 4) is 16.8 Å². The van der Waals surface area contributed by atoms with E-state index >= 15 is 0 Å². The Bertz CT molecular complexity index is 2570. The van der Waals surface area contributed by atoms with Crippen LogP contribution in [-0.4, -0.2) is 10.6 Å². The second-order valence-electron chi connectivity index (χ2n) is 13.7. The van der Waals surface area contributed by atoms with Crippen LogP contribution < -0.4 is 10.6 Å². The molecule has 2 heterocycles. The molecular formula is C50H43N3. The predicted molar refractivity (Wildman–Crippen MR) is 228 cm³/mol. The fourth-order valence-electron chi connectivity index (χ4n) is 7.83. The largest absolute Gasteiger partial charge is 0.385 e. The van der Waals surface area contributed by atoms with Crippen molar-refractivity contribution in [1.29, 1.82) is 0 Å². The number of allylic oxidation sites excluding steroid dienone is 11. The van der Waals surface area contributed by atoms with Crippen LogP contribution in [0.15, 0.2) is 201 Å². The molecule has 1 aromatic heterocycles. The first kappa shape index (κ1) is 33.6. The quantitative estimate of drug-likeness (QED) is 0.154. The van der Waals surface area contributed by atoms with Crippen molar-refractivity contribution in [3.05, 3.63) is 217 Å². The molecule has 0 fully saturated rings. The summed E-state index contributed by atoms with van der Waals surface area (Å²) in [4.78, 5) is 2.33. The summed E-state index contributed by atoms with van der Waals surface area (Å²) in [6.45, 7) is 12.8. The highest BCUT2D eigenvalue weighted by molar-refractivity contribution is 6.17. The maximum Gasteiger partial charge on any atom is 0.104 e. The number of nitrogens with zero attached hydrogens (tertiary/aromatic N) is 2. The second-order valence-corrected chi connectivity index (χ2v) is 13.7. The molecule has 2 N–H and O–H groups in total. The van der Waals surface area contributed by atoms with E-state index in [9.17, 15) is 0 Å². The smallest absolute Gasteiger partial charge is 0.104 e. The number of hydrogen-bond donors (Lipinski definition) is 1. The molecule has 8 rings (SSSR count). The number of benzene rings is 5. The van der Waals surface area contributed by atoms with Crippen molar-refractivity contribution in [2.45, 2.75) is 25.8 Å². The minimum atomic E-state index is 0.0714. The summed E-state index contributed by atoms with van der Waals surface area (Å²) < 4.78 is 2.37. The van der Waals surface area contributed by atoms with Crippen molar-refractivity contribution in [3.63, 3.8) is 0 Å². The average Bonchev–Trinajstić information content (AvgIpc) is 3.73. The van der Waals surface area contributed by atoms with Gasteiger partial charge in [-0.3, -0.25) is 0 Å². The average molecular weight is 686 g/mol. The Hall–Kier alpha value is -6.58. The Morgan fingerprint density at radius 1 is 0.774 bits per heavy atom. The Kier molecular flexibility index (Phi) is 9.00. The van der Waals surface area contributed by atoms with Crippen LogP contribution in [0.4, 0.5) is 5.69 Å². The molecule has 3 heteroatoms. The first-order chi connectivity index (χ1) is 26.0. The lowest BCUT2D eigenvalue weighted by Crippen LogP contribution is -2.35. The van der Waals surface area contributed by atoms with Gasteiger partial charge in [0.1, 0.15) is 5.82 Å². The molecule has 0 bridgehead atoms. The number of hydrogen-bond acceptors (Lipinski definition) is 2. The molecule has 3 nitrogen and oxygen atoms in total. The van der Waals surface area contributed by atoms with Crippen LogP contribution in [0.25, 0.3) is 49.8 Å². The maximum absolute atomic E-state index is 7.14. The Morgan fingerprint density at radius 2 is 1.49 bits per heavy atom. The lowest BCUT2D eigenvalue weighted by Gasteiger charge is -2.29. The Morgan fingerprint density at radius 3 is 2.26 bits per heavy atom. The molecule has 53 heavy (non-hydrogen) atoms. The topological polar surface area (TPSA) is 34.2 Å². The highest BCUT2D eigenvalue weighted by Gasteiger charge is 2.39. The molecule has 0 radical (unpaired) electrons. The summed E-state index contributed by atoms with van der Waals surface area (Å²) in [5, 5.41) is 2.43. The van der Waals surface area contributed by atoms with Gasteiger partial charge in [0.05, 0.1) is 22.8 Å². The lowest BCUT2D eigenvalue weighted by molar-refractivity contribution is 0.719. The molecule has 5 aromatic carbocycles. The monoisotopic (exact) mass is 685 g/mol. The normalized spacial score (nSPS) is 17.2. The van der Waals surface area contributed by atoms with Gasteiger partial charge in [0.15, 0.2) is 0 Å². The number of fused-ring (bicyclic) bond motifs is 7. The van der Waals surface area contributed by atoms with Gasteiger partial charge in [-0.1, -0.05) is 146 Å². The summed E-state index contributed by atoms with van der Waals surface area (Å²) in [6.07, 6.45) is 21.2. The van der Waals surface area contributed by atoms with Gasteiger partial charge in [0.25, 0.3) is 0 Å². The van der Waals surface area contributed by atoms with Crippen LogP contribution in [-0.2, 0) is 0 Å². The van der Waals surface area contributed by atoms with E-state index in [2.05, 4.69) is 188 Å². The molecule has 2 atom stereocenters. The van der Waals surface area contributed by atoms with Crippen LogP contribution >= 0.6 is 0 Å². The number of anilines is 1. The van der Waals surface area contributed by atoms with Gasteiger partial charge < -0.3 is 15.2 Å². The van der Waals surface area contributed by atoms with Gasteiger partial charge in [0.2, 0.25) is 0 Å². The molecule has 0 spiro atoms. The van der Waals surface area contributed by atoms with E-state index in [1.807, 2.05) is 24.3 Å². The third-order valence-corrected chi connectivity index (χ3v) is 10.5. The zero-order valence-electron chi connectivity index (χ0n) is 30.3. The van der Waals surface area contributed by atoms with E-state index in [0.717, 1.165) is 44.6 Å². The Labute approximate surface area is 312 Å². The number of para-hydroxylation sites is 2. The van der Waals surface area contributed by atoms with Crippen molar-refractivity contribution in [2.75, 3.05) is 4.90 Å². The summed E-state index contributed by atoms with van der Waals surface area (Å²) in [6, 6.07) is 41.0. The molecule has 2 unspecified atom stereocenters. The van der Waals surface area contributed by atoms with E-state index in [1.165, 1.54) is 33.1 Å². The van der Waals surface area contributed by atoms with Crippen molar-refractivity contribution >= 4 is 38.6 Å². The highest BCUT2D eigenvalue weighted by atomic mass is 15.3. The molecule has 0 saturated carbocycles. The predicted octanol–water partition coefficient (Wildman–Crippen LogP) is 12.5. The summed E-state index contributed by atoms with van der Waals surface area (Å²) >= 11 is 0. The van der Waals surface area contributed by atoms with Crippen molar-refractivity contribution in [1.82, 2.24) is 4.57 Å². The minimum Gasteiger partial charge on any atom is -0.385 e. The Balaban J connectivity index is 1.21. The first-order valence-corrected chi connectivity index (χ1v) is 18.2. The fourth-order valence-corrected chi connectivity index (χ4v) is 7.83. The summed E-state index contributed by atoms with van der Waals surface area (Å²) in [5.41, 5.74) is 20.6. The van der Waals surface area contributed by atoms with E-state index < -0.39 is 0 Å². The molecule has 0 amide bonds. The number of nitrogens with two attached hydrogens (primary N) is 1. The van der Waals surface area contributed by atoms with Crippen LogP contribution in [0.5, 0.6) is 0 Å². The third kappa shape index (κ3) is 6.11. The zero-order valence-corrected chi connectivity index (χ0v) is 30.3. The number of aromatic nitrogens is 1. The molecule has 258 valence electrons. The third-order valence-electron chi connectivity index (χ3n) is 10.5. The molecule has 6 aromatic rings. The van der Waals surface area contributed by atoms with Crippen molar-refractivity contribution < 1.29 is 0 Å². The van der Waals surface area contributed by atoms with Crippen LogP contribution in [0.3, 0.4) is 0 Å². The van der Waals surface area contributed by atoms with Gasteiger partial charge in [-0.25, -0.2) is 0 Å². The second kappa shape index (κ2) is 14.2. The van der Waals surface area contributed by atoms with Crippen molar-refractivity contribution in [2.24, 2.45) is 5.73 Å². The molecule has 0 saturated heterocycles. The SMILES string of the molecule is C=C/C(=C\C(C)=C/C)c1cc(C(=C)/C=C\C=C(/N)N2c3c(ccc4c3c3ccccc3n4-c3ccccc3)C3C=CC=CC32)cc(-c2ccccc2)c1. The zero-order chi connectivity index (χ0) is 36.5. The van der Waals surface area contributed by atoms with Gasteiger partial charge >= 0.3 is 0 Å². The first-order valence-electron chi connectivity index (χ1n) is 18.2. The van der Waals surface area contributed by atoms with Gasteiger partial charge in [0, 0.05) is 22.4 Å². The maximum atomic E-state index is 7.14. The molecule has 2 aliphatic rings. The van der Waals surface area contributed by atoms with E-state index in [0.29, 0.717) is 5.82 Å². The molecule has 1 aliphatic carbocycles. The van der Waals surface area contributed by atoms with Crippen LogP contribution in [0, 0.1) is 0 Å². The highest BCUT2D eigenvalue weighted by Crippen LogP contribution is 2.51. The lowest BCUT2D eigenvalue weighted by atomic mass is 9.91. The fraction of sp³-hybridized carbons (Fsp3) is 0.0800. The van der Waals surface area contributed by atoms with E-state index in [4.69, 9.17) is 5.73 Å². The molecular weight excluding hydrogens is 643 g/mol. The van der Waals surface area contributed by atoms with Gasteiger partial charge in [-0.2, -0.15) is 0 Å². The van der Waals surface area contributed by atoms with Crippen LogP contribution in [0.2, 0.25) is 0 Å². The standard InChI is InChI=1S/C50H43N3/c1-5-34(3)30-36(6-2)39-31-38(32-40(33-39)37-19-9-7-10-20-37)35(4)18-17-27-48(51)53-45-25-15-13-23-42(45)43-28-29-47-49(50(43)53)44-24-14-16-26-46(44)52(47)41-21-11-8-12-22-41/h5-33,42,45H,2,4,51H2,1,3H3/b18-17-,34-5-,36-30+,48-27+. The van der Waals surface area contributed by atoms with E-state index in [1.54, 1.807) is 0 Å². The minimum absolute atomic E-state index is 0.0714. The van der Waals surface area contributed by atoms with Gasteiger partial charge in [-0.05, 0) is 101 Å². The van der Waals surface area contributed by atoms with Crippen LogP contribution in [0.1, 0.15) is 36.5 Å². The summed E-state index contributed by atoms with van der Waals surface area (Å²) in [5.74, 6) is 0.880. The molecule has 1 aliphatic heterocycles. The van der Waals surface area contributed by atoms with Gasteiger partial charge in [-0.15, -0.1) is 0 Å². The van der Waals surface area contributed by atoms with E-state index in [-0.39, 0.29) is 12.0 Å². The number of rotatable bonds is 9.